The van der Waals surface area contributed by atoms with Gasteiger partial charge in [0.15, 0.2) is 11.8 Å². The molecule has 3 rings (SSSR count). The normalized spacial score (nSPS) is 24.8. The molecule has 1 aromatic rings. The molecule has 0 aliphatic heterocycles. The van der Waals surface area contributed by atoms with Crippen LogP contribution in [0.15, 0.2) is 4.99 Å². The third-order valence-electron chi connectivity index (χ3n) is 6.27. The van der Waals surface area contributed by atoms with Crippen molar-refractivity contribution in [3.8, 4) is 0 Å². The molecule has 26 heavy (non-hydrogen) atoms. The summed E-state index contributed by atoms with van der Waals surface area (Å²) in [6, 6.07) is 0.573. The fourth-order valence-corrected chi connectivity index (χ4v) is 4.25. The molecule has 146 valence electrons. The van der Waals surface area contributed by atoms with Crippen LogP contribution in [0.25, 0.3) is 0 Å². The van der Waals surface area contributed by atoms with Crippen LogP contribution in [0.3, 0.4) is 0 Å². The first kappa shape index (κ1) is 19.2. The summed E-state index contributed by atoms with van der Waals surface area (Å²) in [6.45, 7) is 6.05. The molecular weight excluding hydrogens is 324 g/mol. The molecule has 0 bridgehead atoms. The van der Waals surface area contributed by atoms with Gasteiger partial charge in [0.2, 0.25) is 0 Å². The van der Waals surface area contributed by atoms with Crippen LogP contribution in [0.5, 0.6) is 0 Å². The van der Waals surface area contributed by atoms with E-state index in [0.29, 0.717) is 12.6 Å². The van der Waals surface area contributed by atoms with Crippen molar-refractivity contribution in [1.82, 2.24) is 25.0 Å². The lowest BCUT2D eigenvalue weighted by atomic mass is 9.83. The summed E-state index contributed by atoms with van der Waals surface area (Å²) in [4.78, 5) is 7.27. The zero-order valence-electron chi connectivity index (χ0n) is 17.0. The number of aliphatic imine (C=N–C) groups is 1. The molecule has 0 saturated heterocycles. The quantitative estimate of drug-likeness (QED) is 0.647. The van der Waals surface area contributed by atoms with Crippen molar-refractivity contribution in [3.63, 3.8) is 0 Å². The van der Waals surface area contributed by atoms with E-state index in [1.807, 2.05) is 18.5 Å². The van der Waals surface area contributed by atoms with E-state index in [4.69, 9.17) is 4.99 Å². The molecule has 0 atom stereocenters. The van der Waals surface area contributed by atoms with E-state index in [-0.39, 0.29) is 0 Å². The molecule has 1 heterocycles. The highest BCUT2D eigenvalue weighted by Crippen LogP contribution is 2.28. The summed E-state index contributed by atoms with van der Waals surface area (Å²) in [5.41, 5.74) is 0. The van der Waals surface area contributed by atoms with Gasteiger partial charge in [-0.15, -0.1) is 10.2 Å². The lowest BCUT2D eigenvalue weighted by Gasteiger charge is -2.32. The van der Waals surface area contributed by atoms with Crippen LogP contribution in [0, 0.1) is 18.8 Å². The molecule has 6 nitrogen and oxygen atoms in total. The van der Waals surface area contributed by atoms with Crippen LogP contribution in [-0.4, -0.2) is 45.3 Å². The van der Waals surface area contributed by atoms with Crippen molar-refractivity contribution in [2.45, 2.75) is 77.8 Å². The Morgan fingerprint density at radius 3 is 2.46 bits per heavy atom. The zero-order chi connectivity index (χ0) is 18.5. The van der Waals surface area contributed by atoms with Crippen molar-refractivity contribution in [2.75, 3.05) is 13.6 Å². The van der Waals surface area contributed by atoms with E-state index < -0.39 is 0 Å². The first-order valence-electron chi connectivity index (χ1n) is 10.4. The third-order valence-corrected chi connectivity index (χ3v) is 6.27. The van der Waals surface area contributed by atoms with E-state index in [1.54, 1.807) is 0 Å². The van der Waals surface area contributed by atoms with Gasteiger partial charge in [0.1, 0.15) is 12.4 Å². The second-order valence-corrected chi connectivity index (χ2v) is 8.49. The van der Waals surface area contributed by atoms with Gasteiger partial charge in [0.25, 0.3) is 0 Å². The number of guanidine groups is 1. The van der Waals surface area contributed by atoms with Crippen molar-refractivity contribution >= 4 is 5.96 Å². The summed E-state index contributed by atoms with van der Waals surface area (Å²) in [6.07, 6.45) is 10.6. The minimum Gasteiger partial charge on any atom is -0.354 e. The number of nitrogens with one attached hydrogen (secondary N) is 1. The van der Waals surface area contributed by atoms with E-state index >= 15 is 0 Å². The average Bonchev–Trinajstić information content (AvgIpc) is 3.25. The number of hydrogen-bond donors (Lipinski definition) is 1. The van der Waals surface area contributed by atoms with Crippen molar-refractivity contribution in [3.05, 3.63) is 11.6 Å². The average molecular weight is 361 g/mol. The molecule has 0 radical (unpaired) electrons. The Hall–Kier alpha value is -1.59. The fourth-order valence-electron chi connectivity index (χ4n) is 4.25. The SMILES string of the molecule is Cc1nnc(CN=C(NC2CCCC2)N(C)CC2CCC(C)CC2)n1C. The predicted octanol–water partition coefficient (Wildman–Crippen LogP) is 3.27. The monoisotopic (exact) mass is 360 g/mol. The van der Waals surface area contributed by atoms with E-state index in [0.717, 1.165) is 36.0 Å². The van der Waals surface area contributed by atoms with E-state index in [9.17, 15) is 0 Å². The highest BCUT2D eigenvalue weighted by Gasteiger charge is 2.23. The lowest BCUT2D eigenvalue weighted by Crippen LogP contribution is -2.45. The topological polar surface area (TPSA) is 58.3 Å². The minimum absolute atomic E-state index is 0.573. The molecule has 2 aliphatic carbocycles. The molecule has 2 saturated carbocycles. The van der Waals surface area contributed by atoms with Gasteiger partial charge in [0.05, 0.1) is 0 Å². The van der Waals surface area contributed by atoms with Crippen molar-refractivity contribution in [2.24, 2.45) is 23.9 Å². The van der Waals surface area contributed by atoms with E-state index in [2.05, 4.69) is 34.4 Å². The number of aromatic nitrogens is 3. The highest BCUT2D eigenvalue weighted by atomic mass is 15.3. The van der Waals surface area contributed by atoms with Crippen LogP contribution in [0.1, 0.15) is 69.9 Å². The van der Waals surface area contributed by atoms with Gasteiger partial charge in [-0.25, -0.2) is 4.99 Å². The molecule has 0 aromatic carbocycles. The molecule has 0 amide bonds. The Balaban J connectivity index is 1.65. The Kier molecular flexibility index (Phi) is 6.54. The van der Waals surface area contributed by atoms with E-state index in [1.165, 1.54) is 51.4 Å². The van der Waals surface area contributed by atoms with Gasteiger partial charge < -0.3 is 14.8 Å². The standard InChI is InChI=1S/C20H36N6/c1-15-9-11-17(12-10-15)14-25(3)20(22-18-7-5-6-8-18)21-13-19-24-23-16(2)26(19)4/h15,17-18H,5-14H2,1-4H3,(H,21,22). The summed E-state index contributed by atoms with van der Waals surface area (Å²) in [7, 11) is 4.21. The molecule has 0 spiro atoms. The van der Waals surface area contributed by atoms with Crippen LogP contribution in [-0.2, 0) is 13.6 Å². The molecule has 0 unspecified atom stereocenters. The van der Waals surface area contributed by atoms with Gasteiger partial charge >= 0.3 is 0 Å². The molecule has 2 fully saturated rings. The maximum Gasteiger partial charge on any atom is 0.194 e. The molecular formula is C20H36N6. The smallest absolute Gasteiger partial charge is 0.194 e. The fraction of sp³-hybridized carbons (Fsp3) is 0.850. The maximum absolute atomic E-state index is 4.92. The summed E-state index contributed by atoms with van der Waals surface area (Å²) in [5.74, 6) is 4.60. The van der Waals surface area contributed by atoms with Crippen LogP contribution in [0.4, 0.5) is 0 Å². The minimum atomic E-state index is 0.573. The summed E-state index contributed by atoms with van der Waals surface area (Å²) >= 11 is 0. The van der Waals surface area contributed by atoms with Gasteiger partial charge in [-0.2, -0.15) is 0 Å². The number of rotatable bonds is 5. The van der Waals surface area contributed by atoms with Crippen LogP contribution >= 0.6 is 0 Å². The first-order valence-corrected chi connectivity index (χ1v) is 10.4. The third kappa shape index (κ3) is 4.98. The Bertz CT molecular complexity index is 593. The Morgan fingerprint density at radius 1 is 1.15 bits per heavy atom. The molecule has 1 N–H and O–H groups in total. The van der Waals surface area contributed by atoms with Gasteiger partial charge in [-0.3, -0.25) is 0 Å². The second kappa shape index (κ2) is 8.87. The Labute approximate surface area is 158 Å². The molecule has 1 aromatic heterocycles. The largest absolute Gasteiger partial charge is 0.354 e. The zero-order valence-corrected chi connectivity index (χ0v) is 17.0. The van der Waals surface area contributed by atoms with Crippen molar-refractivity contribution in [1.29, 1.82) is 0 Å². The molecule has 6 heteroatoms. The second-order valence-electron chi connectivity index (χ2n) is 8.49. The summed E-state index contributed by atoms with van der Waals surface area (Å²) in [5, 5.41) is 12.1. The van der Waals surface area contributed by atoms with Gasteiger partial charge in [0, 0.05) is 26.7 Å². The molecule has 2 aliphatic rings. The highest BCUT2D eigenvalue weighted by molar-refractivity contribution is 5.80. The van der Waals surface area contributed by atoms with Crippen molar-refractivity contribution < 1.29 is 0 Å². The predicted molar refractivity (Wildman–Crippen MR) is 106 cm³/mol. The van der Waals surface area contributed by atoms with Gasteiger partial charge in [-0.1, -0.05) is 32.6 Å². The Morgan fingerprint density at radius 2 is 1.85 bits per heavy atom. The van der Waals surface area contributed by atoms with Crippen LogP contribution < -0.4 is 5.32 Å². The maximum atomic E-state index is 4.92. The first-order chi connectivity index (χ1) is 12.5. The lowest BCUT2D eigenvalue weighted by molar-refractivity contribution is 0.249. The van der Waals surface area contributed by atoms with Crippen LogP contribution in [0.2, 0.25) is 0 Å². The van der Waals surface area contributed by atoms with Gasteiger partial charge in [-0.05, 0) is 44.4 Å². The number of hydrogen-bond acceptors (Lipinski definition) is 3. The number of aryl methyl sites for hydroxylation is 1. The summed E-state index contributed by atoms with van der Waals surface area (Å²) < 4.78 is 2.03. The number of nitrogens with zero attached hydrogens (tertiary/aromatic N) is 5.